The van der Waals surface area contributed by atoms with Gasteiger partial charge in [-0.1, -0.05) is 12.1 Å². The van der Waals surface area contributed by atoms with Crippen LogP contribution >= 0.6 is 0 Å². The van der Waals surface area contributed by atoms with Crippen molar-refractivity contribution in [2.24, 2.45) is 11.7 Å². The Hall–Kier alpha value is -3.30. The van der Waals surface area contributed by atoms with Crippen molar-refractivity contribution in [1.29, 1.82) is 5.41 Å². The number of fused-ring (bicyclic) bond motifs is 1. The standard InChI is InChI=1S/C22H25F3N6O/c23-22(24,25)19-7-6-16(11-28-19)29-18-5-1-3-14-12-30(10-8-17(14)18)20(32)15-4-2-9-31(13-15)21(26)27/h1,3,5-7,11,15,29H,2,4,8-10,12-13H2,(H3,26,27). The summed E-state index contributed by atoms with van der Waals surface area (Å²) >= 11 is 0. The molecule has 7 nitrogen and oxygen atoms in total. The second kappa shape index (κ2) is 8.68. The highest BCUT2D eigenvalue weighted by Crippen LogP contribution is 2.32. The zero-order valence-electron chi connectivity index (χ0n) is 17.5. The van der Waals surface area contributed by atoms with Crippen molar-refractivity contribution in [1.82, 2.24) is 14.8 Å². The number of pyridine rings is 1. The maximum Gasteiger partial charge on any atom is 0.433 e. The van der Waals surface area contributed by atoms with E-state index in [1.165, 1.54) is 12.3 Å². The maximum absolute atomic E-state index is 13.1. The summed E-state index contributed by atoms with van der Waals surface area (Å²) in [5, 5.41) is 10.8. The Labute approximate surface area is 183 Å². The van der Waals surface area contributed by atoms with E-state index in [2.05, 4.69) is 10.3 Å². The molecule has 0 aliphatic carbocycles. The molecule has 1 atom stereocenters. The van der Waals surface area contributed by atoms with Crippen LogP contribution in [-0.4, -0.2) is 46.3 Å². The number of rotatable bonds is 3. The number of aromatic nitrogens is 1. The third-order valence-electron chi connectivity index (χ3n) is 6.02. The lowest BCUT2D eigenvalue weighted by molar-refractivity contribution is -0.141. The second-order valence-electron chi connectivity index (χ2n) is 8.18. The van der Waals surface area contributed by atoms with Crippen molar-refractivity contribution in [3.8, 4) is 0 Å². The highest BCUT2D eigenvalue weighted by atomic mass is 19.4. The minimum Gasteiger partial charge on any atom is -0.370 e. The predicted molar refractivity (Wildman–Crippen MR) is 114 cm³/mol. The number of nitrogens with zero attached hydrogens (tertiary/aromatic N) is 3. The highest BCUT2D eigenvalue weighted by molar-refractivity contribution is 5.81. The van der Waals surface area contributed by atoms with Gasteiger partial charge >= 0.3 is 6.18 Å². The van der Waals surface area contributed by atoms with Gasteiger partial charge in [0.05, 0.1) is 17.8 Å². The Morgan fingerprint density at radius 3 is 2.69 bits per heavy atom. The minimum absolute atomic E-state index is 0.0000351. The lowest BCUT2D eigenvalue weighted by atomic mass is 9.93. The number of carbonyl (C=O) groups excluding carboxylic acids is 1. The summed E-state index contributed by atoms with van der Waals surface area (Å²) in [5.74, 6) is -0.0967. The summed E-state index contributed by atoms with van der Waals surface area (Å²) in [6, 6.07) is 8.02. The van der Waals surface area contributed by atoms with Crippen LogP contribution < -0.4 is 11.1 Å². The summed E-state index contributed by atoms with van der Waals surface area (Å²) < 4.78 is 38.2. The molecule has 1 unspecified atom stereocenters. The predicted octanol–water partition coefficient (Wildman–Crippen LogP) is 3.33. The van der Waals surface area contributed by atoms with Crippen LogP contribution in [0.15, 0.2) is 36.5 Å². The molecule has 1 saturated heterocycles. The van der Waals surface area contributed by atoms with Gasteiger partial charge in [0.2, 0.25) is 5.91 Å². The van der Waals surface area contributed by atoms with Crippen molar-refractivity contribution < 1.29 is 18.0 Å². The number of alkyl halides is 3. The molecule has 0 bridgehead atoms. The van der Waals surface area contributed by atoms with E-state index in [1.54, 1.807) is 4.90 Å². The van der Waals surface area contributed by atoms with Gasteiger partial charge < -0.3 is 20.9 Å². The van der Waals surface area contributed by atoms with E-state index in [1.807, 2.05) is 23.1 Å². The number of benzene rings is 1. The molecule has 2 aromatic rings. The van der Waals surface area contributed by atoms with E-state index in [0.29, 0.717) is 38.3 Å². The third-order valence-corrected chi connectivity index (χ3v) is 6.02. The third kappa shape index (κ3) is 4.63. The fourth-order valence-electron chi connectivity index (χ4n) is 4.36. The van der Waals surface area contributed by atoms with Crippen molar-refractivity contribution in [2.45, 2.75) is 32.0 Å². The van der Waals surface area contributed by atoms with Gasteiger partial charge in [-0.05, 0) is 48.6 Å². The van der Waals surface area contributed by atoms with E-state index in [0.717, 1.165) is 35.7 Å². The number of likely N-dealkylation sites (tertiary alicyclic amines) is 1. The molecule has 2 aliphatic rings. The summed E-state index contributed by atoms with van der Waals surface area (Å²) in [6.07, 6.45) is -1.05. The molecule has 0 saturated carbocycles. The number of amides is 1. The summed E-state index contributed by atoms with van der Waals surface area (Å²) in [5.41, 5.74) is 7.99. The summed E-state index contributed by atoms with van der Waals surface area (Å²) in [6.45, 7) is 2.22. The Morgan fingerprint density at radius 1 is 1.19 bits per heavy atom. The van der Waals surface area contributed by atoms with E-state index in [-0.39, 0.29) is 17.8 Å². The molecule has 0 radical (unpaired) electrons. The Morgan fingerprint density at radius 2 is 2.00 bits per heavy atom. The van der Waals surface area contributed by atoms with Crippen LogP contribution in [0.3, 0.4) is 0 Å². The number of halogens is 3. The molecule has 4 N–H and O–H groups in total. The SMILES string of the molecule is N=C(N)N1CCCC(C(=O)N2CCc3c(cccc3Nc3ccc(C(F)(F)F)nc3)C2)C1. The van der Waals surface area contributed by atoms with E-state index < -0.39 is 11.9 Å². The van der Waals surface area contributed by atoms with Crippen molar-refractivity contribution >= 4 is 23.2 Å². The van der Waals surface area contributed by atoms with Crippen LogP contribution in [0, 0.1) is 11.3 Å². The Balaban J connectivity index is 1.45. The molecule has 4 rings (SSSR count). The van der Waals surface area contributed by atoms with Crippen molar-refractivity contribution in [3.63, 3.8) is 0 Å². The average molecular weight is 446 g/mol. The molecule has 0 spiro atoms. The number of nitrogens with two attached hydrogens (primary N) is 1. The van der Waals surface area contributed by atoms with E-state index in [4.69, 9.17) is 11.1 Å². The average Bonchev–Trinajstić information content (AvgIpc) is 2.78. The lowest BCUT2D eigenvalue weighted by Crippen LogP contribution is -2.49. The molecule has 2 aliphatic heterocycles. The molecule has 3 heterocycles. The summed E-state index contributed by atoms with van der Waals surface area (Å²) in [4.78, 5) is 20.2. The van der Waals surface area contributed by atoms with Crippen molar-refractivity contribution in [2.75, 3.05) is 25.0 Å². The van der Waals surface area contributed by atoms with Gasteiger partial charge in [-0.15, -0.1) is 0 Å². The molecule has 1 amide bonds. The molecule has 1 fully saturated rings. The fourth-order valence-corrected chi connectivity index (χ4v) is 4.36. The minimum atomic E-state index is -4.47. The normalized spacial score (nSPS) is 18.8. The van der Waals surface area contributed by atoms with Crippen LogP contribution in [0.2, 0.25) is 0 Å². The van der Waals surface area contributed by atoms with Crippen LogP contribution in [0.4, 0.5) is 24.5 Å². The molecule has 10 heteroatoms. The van der Waals surface area contributed by atoms with Gasteiger partial charge in [0.25, 0.3) is 0 Å². The lowest BCUT2D eigenvalue weighted by Gasteiger charge is -2.37. The molecular formula is C22H25F3N6O. The van der Waals surface area contributed by atoms with Gasteiger partial charge in [0.15, 0.2) is 5.96 Å². The number of hydrogen-bond donors (Lipinski definition) is 3. The maximum atomic E-state index is 13.1. The van der Waals surface area contributed by atoms with Gasteiger partial charge in [0, 0.05) is 31.9 Å². The number of carbonyl (C=O) groups is 1. The number of piperidine rings is 1. The first kappa shape index (κ1) is 21.9. The molecule has 1 aromatic heterocycles. The first-order valence-electron chi connectivity index (χ1n) is 10.5. The zero-order valence-corrected chi connectivity index (χ0v) is 17.5. The molecular weight excluding hydrogens is 421 g/mol. The van der Waals surface area contributed by atoms with Gasteiger partial charge in [0.1, 0.15) is 5.69 Å². The first-order chi connectivity index (χ1) is 15.2. The topological polar surface area (TPSA) is 98.3 Å². The zero-order chi connectivity index (χ0) is 22.9. The highest BCUT2D eigenvalue weighted by Gasteiger charge is 2.33. The quantitative estimate of drug-likeness (QED) is 0.496. The van der Waals surface area contributed by atoms with Gasteiger partial charge in [-0.3, -0.25) is 10.2 Å². The number of hydrogen-bond acceptors (Lipinski definition) is 4. The molecule has 1 aromatic carbocycles. The Bertz CT molecular complexity index is 1010. The van der Waals surface area contributed by atoms with Crippen LogP contribution in [-0.2, 0) is 23.9 Å². The smallest absolute Gasteiger partial charge is 0.370 e. The van der Waals surface area contributed by atoms with Crippen LogP contribution in [0.5, 0.6) is 0 Å². The first-order valence-corrected chi connectivity index (χ1v) is 10.5. The van der Waals surface area contributed by atoms with Gasteiger partial charge in [-0.25, -0.2) is 4.98 Å². The number of anilines is 2. The van der Waals surface area contributed by atoms with E-state index >= 15 is 0 Å². The molecule has 32 heavy (non-hydrogen) atoms. The van der Waals surface area contributed by atoms with Crippen LogP contribution in [0.25, 0.3) is 0 Å². The Kier molecular flexibility index (Phi) is 5.94. The number of nitrogens with one attached hydrogen (secondary N) is 2. The summed E-state index contributed by atoms with van der Waals surface area (Å²) in [7, 11) is 0. The monoisotopic (exact) mass is 446 g/mol. The van der Waals surface area contributed by atoms with Gasteiger partial charge in [-0.2, -0.15) is 13.2 Å². The van der Waals surface area contributed by atoms with Crippen LogP contribution in [0.1, 0.15) is 29.7 Å². The fraction of sp³-hybridized carbons (Fsp3) is 0.409. The largest absolute Gasteiger partial charge is 0.433 e. The number of guanidine groups is 1. The van der Waals surface area contributed by atoms with E-state index in [9.17, 15) is 18.0 Å². The second-order valence-corrected chi connectivity index (χ2v) is 8.18. The molecule has 170 valence electrons. The van der Waals surface area contributed by atoms with Crippen molar-refractivity contribution in [3.05, 3.63) is 53.3 Å².